The molecule has 0 aliphatic heterocycles. The summed E-state index contributed by atoms with van der Waals surface area (Å²) in [6.07, 6.45) is 0. The Labute approximate surface area is 75.4 Å². The molecule has 2 aromatic heterocycles. The van der Waals surface area contributed by atoms with Crippen LogP contribution in [0.25, 0.3) is 11.0 Å². The highest BCUT2D eigenvalue weighted by atomic mass is 16.1. The molecule has 2 heterocycles. The maximum atomic E-state index is 11.5. The molecule has 0 fully saturated rings. The van der Waals surface area contributed by atoms with E-state index in [4.69, 9.17) is 0 Å². The Kier molecular flexibility index (Phi) is 1.65. The molecule has 0 aliphatic rings. The van der Waals surface area contributed by atoms with Crippen molar-refractivity contribution in [2.45, 2.75) is 13.8 Å². The van der Waals surface area contributed by atoms with Gasteiger partial charge in [0.15, 0.2) is 0 Å². The molecule has 0 aliphatic carbocycles. The van der Waals surface area contributed by atoms with Crippen LogP contribution in [0.4, 0.5) is 0 Å². The van der Waals surface area contributed by atoms with Crippen molar-refractivity contribution in [1.82, 2.24) is 9.97 Å². The number of hydrogen-bond donors (Lipinski definition) is 1. The third-order valence-electron chi connectivity index (χ3n) is 1.95. The molecule has 1 N–H and O–H groups in total. The summed E-state index contributed by atoms with van der Waals surface area (Å²) in [4.78, 5) is 18.7. The molecular formula is C10H10N2O. The Morgan fingerprint density at radius 3 is 2.85 bits per heavy atom. The zero-order valence-corrected chi connectivity index (χ0v) is 7.59. The normalized spacial score (nSPS) is 10.6. The lowest BCUT2D eigenvalue weighted by molar-refractivity contribution is 1.18. The second-order valence-electron chi connectivity index (χ2n) is 3.17. The summed E-state index contributed by atoms with van der Waals surface area (Å²) in [5.41, 5.74) is 3.03. The number of fused-ring (bicyclic) bond motifs is 1. The van der Waals surface area contributed by atoms with Crippen LogP contribution in [-0.2, 0) is 0 Å². The molecule has 0 radical (unpaired) electrons. The SMILES string of the molecule is Cc1ccc2[nH]c(C)cc(=O)c2n1. The first-order valence-electron chi connectivity index (χ1n) is 4.14. The van der Waals surface area contributed by atoms with Crippen LogP contribution in [0.3, 0.4) is 0 Å². The highest BCUT2D eigenvalue weighted by Crippen LogP contribution is 2.05. The van der Waals surface area contributed by atoms with E-state index < -0.39 is 0 Å². The predicted octanol–water partition coefficient (Wildman–Crippen LogP) is 1.54. The third kappa shape index (κ3) is 1.33. The van der Waals surface area contributed by atoms with Crippen molar-refractivity contribution in [3.63, 3.8) is 0 Å². The smallest absolute Gasteiger partial charge is 0.208 e. The van der Waals surface area contributed by atoms with Gasteiger partial charge in [0.1, 0.15) is 5.52 Å². The third-order valence-corrected chi connectivity index (χ3v) is 1.95. The van der Waals surface area contributed by atoms with E-state index in [1.54, 1.807) is 6.07 Å². The number of pyridine rings is 2. The van der Waals surface area contributed by atoms with Crippen molar-refractivity contribution in [3.8, 4) is 0 Å². The lowest BCUT2D eigenvalue weighted by atomic mass is 10.2. The molecule has 0 aromatic carbocycles. The maximum Gasteiger partial charge on any atom is 0.208 e. The average Bonchev–Trinajstić information content (AvgIpc) is 2.06. The fourth-order valence-electron chi connectivity index (χ4n) is 1.36. The Morgan fingerprint density at radius 1 is 1.31 bits per heavy atom. The minimum Gasteiger partial charge on any atom is -0.357 e. The van der Waals surface area contributed by atoms with Crippen LogP contribution in [-0.4, -0.2) is 9.97 Å². The van der Waals surface area contributed by atoms with Gasteiger partial charge >= 0.3 is 0 Å². The number of aryl methyl sites for hydroxylation is 2. The molecule has 3 heteroatoms. The summed E-state index contributed by atoms with van der Waals surface area (Å²) in [5, 5.41) is 0. The van der Waals surface area contributed by atoms with Gasteiger partial charge in [0.2, 0.25) is 5.43 Å². The molecule has 0 spiro atoms. The zero-order valence-electron chi connectivity index (χ0n) is 7.59. The van der Waals surface area contributed by atoms with Gasteiger partial charge in [0, 0.05) is 17.5 Å². The first kappa shape index (κ1) is 7.98. The lowest BCUT2D eigenvalue weighted by Gasteiger charge is -1.99. The van der Waals surface area contributed by atoms with Crippen LogP contribution in [0, 0.1) is 13.8 Å². The van der Waals surface area contributed by atoms with Gasteiger partial charge in [-0.3, -0.25) is 4.79 Å². The van der Waals surface area contributed by atoms with Gasteiger partial charge in [-0.2, -0.15) is 0 Å². The molecule has 0 amide bonds. The lowest BCUT2D eigenvalue weighted by Crippen LogP contribution is -2.05. The number of nitrogens with one attached hydrogen (secondary N) is 1. The van der Waals surface area contributed by atoms with Crippen molar-refractivity contribution in [2.24, 2.45) is 0 Å². The van der Waals surface area contributed by atoms with E-state index in [1.807, 2.05) is 26.0 Å². The monoisotopic (exact) mass is 174 g/mol. The van der Waals surface area contributed by atoms with Crippen molar-refractivity contribution < 1.29 is 0 Å². The summed E-state index contributed by atoms with van der Waals surface area (Å²) in [5.74, 6) is 0. The molecule has 0 atom stereocenters. The number of rotatable bonds is 0. The van der Waals surface area contributed by atoms with Gasteiger partial charge in [-0.25, -0.2) is 4.98 Å². The largest absolute Gasteiger partial charge is 0.357 e. The average molecular weight is 174 g/mol. The van der Waals surface area contributed by atoms with Crippen LogP contribution in [0.1, 0.15) is 11.4 Å². The quantitative estimate of drug-likeness (QED) is 0.658. The molecule has 3 nitrogen and oxygen atoms in total. The van der Waals surface area contributed by atoms with E-state index in [0.717, 1.165) is 16.9 Å². The van der Waals surface area contributed by atoms with Crippen LogP contribution in [0.2, 0.25) is 0 Å². The van der Waals surface area contributed by atoms with Crippen LogP contribution < -0.4 is 5.43 Å². The number of nitrogens with zero attached hydrogens (tertiary/aromatic N) is 1. The maximum absolute atomic E-state index is 11.5. The minimum atomic E-state index is -0.0186. The summed E-state index contributed by atoms with van der Waals surface area (Å²) in [6.45, 7) is 3.74. The van der Waals surface area contributed by atoms with E-state index in [2.05, 4.69) is 9.97 Å². The second kappa shape index (κ2) is 2.69. The fourth-order valence-corrected chi connectivity index (χ4v) is 1.36. The molecular weight excluding hydrogens is 164 g/mol. The number of hydrogen-bond acceptors (Lipinski definition) is 2. The van der Waals surface area contributed by atoms with Gasteiger partial charge < -0.3 is 4.98 Å². The van der Waals surface area contributed by atoms with E-state index in [1.165, 1.54) is 0 Å². The number of aromatic nitrogens is 2. The Bertz CT molecular complexity index is 514. The standard InChI is InChI=1S/C10H10N2O/c1-6-3-4-8-10(12-6)9(13)5-7(2)11-8/h3-5H,1-2H3,(H,11,13). The molecule has 2 rings (SSSR count). The summed E-state index contributed by atoms with van der Waals surface area (Å²) < 4.78 is 0. The minimum absolute atomic E-state index is 0.0186. The van der Waals surface area contributed by atoms with Gasteiger partial charge in [0.05, 0.1) is 5.52 Å². The summed E-state index contributed by atoms with van der Waals surface area (Å²) >= 11 is 0. The highest BCUT2D eigenvalue weighted by Gasteiger charge is 2.00. The van der Waals surface area contributed by atoms with E-state index in [0.29, 0.717) is 5.52 Å². The molecule has 0 unspecified atom stereocenters. The Hall–Kier alpha value is -1.64. The van der Waals surface area contributed by atoms with E-state index in [9.17, 15) is 4.79 Å². The highest BCUT2D eigenvalue weighted by molar-refractivity contribution is 5.73. The molecule has 0 saturated heterocycles. The molecule has 0 bridgehead atoms. The van der Waals surface area contributed by atoms with Crippen LogP contribution in [0.5, 0.6) is 0 Å². The molecule has 0 saturated carbocycles. The van der Waals surface area contributed by atoms with Crippen LogP contribution >= 0.6 is 0 Å². The number of H-pyrrole nitrogens is 1. The predicted molar refractivity (Wildman–Crippen MR) is 51.8 cm³/mol. The van der Waals surface area contributed by atoms with Crippen molar-refractivity contribution >= 4 is 11.0 Å². The van der Waals surface area contributed by atoms with Crippen molar-refractivity contribution in [3.05, 3.63) is 39.8 Å². The van der Waals surface area contributed by atoms with Crippen molar-refractivity contribution in [2.75, 3.05) is 0 Å². The molecule has 13 heavy (non-hydrogen) atoms. The van der Waals surface area contributed by atoms with Gasteiger partial charge in [-0.05, 0) is 26.0 Å². The van der Waals surface area contributed by atoms with E-state index in [-0.39, 0.29) is 5.43 Å². The summed E-state index contributed by atoms with van der Waals surface area (Å²) in [6, 6.07) is 5.33. The van der Waals surface area contributed by atoms with Gasteiger partial charge in [0.25, 0.3) is 0 Å². The first-order valence-corrected chi connectivity index (χ1v) is 4.14. The van der Waals surface area contributed by atoms with Crippen LogP contribution in [0.15, 0.2) is 23.0 Å². The fraction of sp³-hybridized carbons (Fsp3) is 0.200. The first-order chi connectivity index (χ1) is 6.16. The Balaban J connectivity index is 2.95. The Morgan fingerprint density at radius 2 is 2.08 bits per heavy atom. The molecule has 66 valence electrons. The summed E-state index contributed by atoms with van der Waals surface area (Å²) in [7, 11) is 0. The van der Waals surface area contributed by atoms with Gasteiger partial charge in [-0.15, -0.1) is 0 Å². The zero-order chi connectivity index (χ0) is 9.42. The van der Waals surface area contributed by atoms with Crippen molar-refractivity contribution in [1.29, 1.82) is 0 Å². The topological polar surface area (TPSA) is 45.8 Å². The molecule has 2 aromatic rings. The second-order valence-corrected chi connectivity index (χ2v) is 3.17. The van der Waals surface area contributed by atoms with Gasteiger partial charge in [-0.1, -0.05) is 0 Å². The van der Waals surface area contributed by atoms with E-state index >= 15 is 0 Å². The number of aromatic amines is 1.